The van der Waals surface area contributed by atoms with Crippen LogP contribution in [-0.4, -0.2) is 16.1 Å². The molecule has 1 aliphatic rings. The molecule has 4 nitrogen and oxygen atoms in total. The van der Waals surface area contributed by atoms with Crippen molar-refractivity contribution in [2.24, 2.45) is 11.8 Å². The van der Waals surface area contributed by atoms with Crippen LogP contribution in [0.25, 0.3) is 0 Å². The molecule has 4 heteroatoms. The molecule has 2 rings (SSSR count). The van der Waals surface area contributed by atoms with Gasteiger partial charge in [-0.2, -0.15) is 0 Å². The van der Waals surface area contributed by atoms with Crippen LogP contribution < -0.4 is 10.9 Å². The van der Waals surface area contributed by atoms with E-state index in [0.29, 0.717) is 11.7 Å². The molecule has 0 bridgehead atoms. The minimum Gasteiger partial charge on any atom is -0.365 e. The lowest BCUT2D eigenvalue weighted by Crippen LogP contribution is -2.26. The second-order valence-electron chi connectivity index (χ2n) is 4.97. The van der Waals surface area contributed by atoms with Gasteiger partial charge in [-0.05, 0) is 31.1 Å². The second-order valence-corrected chi connectivity index (χ2v) is 4.97. The number of rotatable bonds is 6. The van der Waals surface area contributed by atoms with Crippen molar-refractivity contribution in [2.75, 3.05) is 11.9 Å². The monoisotopic (exact) mass is 235 g/mol. The Hall–Kier alpha value is -1.32. The average molecular weight is 235 g/mol. The number of hydrogen-bond donors (Lipinski definition) is 1. The molecule has 0 amide bonds. The van der Waals surface area contributed by atoms with E-state index in [1.807, 2.05) is 0 Å². The SMILES string of the molecule is CCCn1ccnc(NCC(C)C2CC2)c1=O. The number of anilines is 1. The van der Waals surface area contributed by atoms with Crippen molar-refractivity contribution < 1.29 is 0 Å². The van der Waals surface area contributed by atoms with Crippen molar-refractivity contribution >= 4 is 5.82 Å². The summed E-state index contributed by atoms with van der Waals surface area (Å²) in [4.78, 5) is 16.1. The molecular weight excluding hydrogens is 214 g/mol. The van der Waals surface area contributed by atoms with E-state index in [1.165, 1.54) is 12.8 Å². The molecule has 1 aromatic rings. The third-order valence-corrected chi connectivity index (χ3v) is 3.40. The molecule has 0 spiro atoms. The van der Waals surface area contributed by atoms with Crippen molar-refractivity contribution in [3.63, 3.8) is 0 Å². The standard InChI is InChI=1S/C13H21N3O/c1-3-7-16-8-6-14-12(13(16)17)15-9-10(2)11-4-5-11/h6,8,10-11H,3-5,7,9H2,1-2H3,(H,14,15). The predicted octanol–water partition coefficient (Wildman–Crippen LogP) is 2.11. The molecular formula is C13H21N3O. The van der Waals surface area contributed by atoms with Crippen molar-refractivity contribution in [2.45, 2.75) is 39.7 Å². The molecule has 1 heterocycles. The highest BCUT2D eigenvalue weighted by Crippen LogP contribution is 2.36. The lowest BCUT2D eigenvalue weighted by atomic mass is 10.1. The molecule has 1 N–H and O–H groups in total. The normalized spacial score (nSPS) is 16.8. The summed E-state index contributed by atoms with van der Waals surface area (Å²) in [6.07, 6.45) is 7.08. The summed E-state index contributed by atoms with van der Waals surface area (Å²) in [5.74, 6) is 1.98. The molecule has 0 aromatic carbocycles. The Morgan fingerprint density at radius 2 is 2.35 bits per heavy atom. The van der Waals surface area contributed by atoms with Gasteiger partial charge in [-0.15, -0.1) is 0 Å². The van der Waals surface area contributed by atoms with E-state index < -0.39 is 0 Å². The zero-order valence-electron chi connectivity index (χ0n) is 10.6. The van der Waals surface area contributed by atoms with Gasteiger partial charge in [-0.25, -0.2) is 4.98 Å². The number of nitrogens with zero attached hydrogens (tertiary/aromatic N) is 2. The first-order chi connectivity index (χ1) is 8.22. The van der Waals surface area contributed by atoms with E-state index in [-0.39, 0.29) is 5.56 Å². The Balaban J connectivity index is 1.99. The Morgan fingerprint density at radius 3 is 3.00 bits per heavy atom. The summed E-state index contributed by atoms with van der Waals surface area (Å²) in [5.41, 5.74) is -0.00246. The summed E-state index contributed by atoms with van der Waals surface area (Å²) in [6, 6.07) is 0. The van der Waals surface area contributed by atoms with Crippen molar-refractivity contribution in [1.29, 1.82) is 0 Å². The number of aromatic nitrogens is 2. The smallest absolute Gasteiger partial charge is 0.293 e. The van der Waals surface area contributed by atoms with Gasteiger partial charge in [0.25, 0.3) is 5.56 Å². The topological polar surface area (TPSA) is 46.9 Å². The van der Waals surface area contributed by atoms with Gasteiger partial charge < -0.3 is 9.88 Å². The Labute approximate surface area is 102 Å². The molecule has 1 aliphatic carbocycles. The fourth-order valence-corrected chi connectivity index (χ4v) is 2.08. The highest BCUT2D eigenvalue weighted by Gasteiger charge is 2.27. The first-order valence-corrected chi connectivity index (χ1v) is 6.51. The number of nitrogens with one attached hydrogen (secondary N) is 1. The summed E-state index contributed by atoms with van der Waals surface area (Å²) < 4.78 is 1.72. The van der Waals surface area contributed by atoms with Crippen molar-refractivity contribution in [1.82, 2.24) is 9.55 Å². The van der Waals surface area contributed by atoms with Gasteiger partial charge in [0, 0.05) is 25.5 Å². The summed E-state index contributed by atoms with van der Waals surface area (Å²) in [6.45, 7) is 5.91. The molecule has 94 valence electrons. The zero-order chi connectivity index (χ0) is 12.3. The molecule has 1 unspecified atom stereocenters. The van der Waals surface area contributed by atoms with Gasteiger partial charge in [0.15, 0.2) is 5.82 Å². The van der Waals surface area contributed by atoms with Crippen LogP contribution in [0.2, 0.25) is 0 Å². The summed E-state index contributed by atoms with van der Waals surface area (Å²) >= 11 is 0. The molecule has 17 heavy (non-hydrogen) atoms. The minimum absolute atomic E-state index is 0.00246. The maximum atomic E-state index is 12.0. The van der Waals surface area contributed by atoms with E-state index in [4.69, 9.17) is 0 Å². The van der Waals surface area contributed by atoms with E-state index in [2.05, 4.69) is 24.1 Å². The molecule has 0 aliphatic heterocycles. The third kappa shape index (κ3) is 3.08. The summed E-state index contributed by atoms with van der Waals surface area (Å²) in [5, 5.41) is 3.19. The Kier molecular flexibility index (Phi) is 3.82. The fraction of sp³-hybridized carbons (Fsp3) is 0.692. The highest BCUT2D eigenvalue weighted by molar-refractivity contribution is 5.30. The average Bonchev–Trinajstić information content (AvgIpc) is 3.14. The van der Waals surface area contributed by atoms with Crippen LogP contribution in [-0.2, 0) is 6.54 Å². The van der Waals surface area contributed by atoms with Gasteiger partial charge in [0.05, 0.1) is 0 Å². The first kappa shape index (κ1) is 12.1. The Bertz CT molecular complexity index is 423. The van der Waals surface area contributed by atoms with E-state index in [1.54, 1.807) is 17.0 Å². The molecule has 1 atom stereocenters. The second kappa shape index (κ2) is 5.34. The van der Waals surface area contributed by atoms with Crippen LogP contribution in [0.3, 0.4) is 0 Å². The zero-order valence-corrected chi connectivity index (χ0v) is 10.6. The number of aryl methyl sites for hydroxylation is 1. The van der Waals surface area contributed by atoms with Gasteiger partial charge in [0.1, 0.15) is 0 Å². The largest absolute Gasteiger partial charge is 0.365 e. The fourth-order valence-electron chi connectivity index (χ4n) is 2.08. The van der Waals surface area contributed by atoms with Crippen LogP contribution in [0.15, 0.2) is 17.2 Å². The molecule has 1 aromatic heterocycles. The van der Waals surface area contributed by atoms with Gasteiger partial charge in [-0.3, -0.25) is 4.79 Å². The van der Waals surface area contributed by atoms with Crippen LogP contribution >= 0.6 is 0 Å². The molecule has 0 radical (unpaired) electrons. The van der Waals surface area contributed by atoms with E-state index in [0.717, 1.165) is 25.4 Å². The summed E-state index contributed by atoms with van der Waals surface area (Å²) in [7, 11) is 0. The highest BCUT2D eigenvalue weighted by atomic mass is 16.1. The molecule has 1 saturated carbocycles. The molecule has 1 fully saturated rings. The quantitative estimate of drug-likeness (QED) is 0.821. The molecule has 0 saturated heterocycles. The Morgan fingerprint density at radius 1 is 1.59 bits per heavy atom. The van der Waals surface area contributed by atoms with Gasteiger partial charge in [-0.1, -0.05) is 13.8 Å². The maximum absolute atomic E-state index is 12.0. The van der Waals surface area contributed by atoms with Crippen LogP contribution in [0, 0.1) is 11.8 Å². The van der Waals surface area contributed by atoms with Crippen molar-refractivity contribution in [3.05, 3.63) is 22.7 Å². The number of hydrogen-bond acceptors (Lipinski definition) is 3. The van der Waals surface area contributed by atoms with Gasteiger partial charge >= 0.3 is 0 Å². The van der Waals surface area contributed by atoms with Crippen LogP contribution in [0.4, 0.5) is 5.82 Å². The van der Waals surface area contributed by atoms with E-state index in [9.17, 15) is 4.79 Å². The third-order valence-electron chi connectivity index (χ3n) is 3.40. The lowest BCUT2D eigenvalue weighted by molar-refractivity contribution is 0.534. The predicted molar refractivity (Wildman–Crippen MR) is 69.2 cm³/mol. The first-order valence-electron chi connectivity index (χ1n) is 6.51. The maximum Gasteiger partial charge on any atom is 0.293 e. The van der Waals surface area contributed by atoms with Crippen LogP contribution in [0.1, 0.15) is 33.1 Å². The lowest BCUT2D eigenvalue weighted by Gasteiger charge is -2.12. The van der Waals surface area contributed by atoms with Crippen molar-refractivity contribution in [3.8, 4) is 0 Å². The van der Waals surface area contributed by atoms with Crippen LogP contribution in [0.5, 0.6) is 0 Å². The minimum atomic E-state index is -0.00246. The van der Waals surface area contributed by atoms with E-state index >= 15 is 0 Å². The van der Waals surface area contributed by atoms with Gasteiger partial charge in [0.2, 0.25) is 0 Å².